The van der Waals surface area contributed by atoms with E-state index in [2.05, 4.69) is 4.98 Å². The topological polar surface area (TPSA) is 58.3 Å². The van der Waals surface area contributed by atoms with Gasteiger partial charge in [0, 0.05) is 6.54 Å². The molecule has 0 aliphatic rings. The molecule has 0 spiro atoms. The summed E-state index contributed by atoms with van der Waals surface area (Å²) < 4.78 is 2.03. The van der Waals surface area contributed by atoms with Crippen LogP contribution >= 0.6 is 0 Å². The normalized spacial score (nSPS) is 11.1. The summed E-state index contributed by atoms with van der Waals surface area (Å²) in [5.41, 5.74) is 3.60. The number of phenols is 2. The molecule has 3 aromatic rings. The molecule has 0 saturated heterocycles. The lowest BCUT2D eigenvalue weighted by molar-refractivity contribution is 0.461. The molecule has 4 heteroatoms. The van der Waals surface area contributed by atoms with Crippen molar-refractivity contribution in [3.8, 4) is 22.9 Å². The van der Waals surface area contributed by atoms with Crippen molar-refractivity contribution in [1.29, 1.82) is 0 Å². The van der Waals surface area contributed by atoms with Gasteiger partial charge in [-0.1, -0.05) is 6.07 Å². The van der Waals surface area contributed by atoms with E-state index in [0.29, 0.717) is 11.4 Å². The highest BCUT2D eigenvalue weighted by Gasteiger charge is 2.15. The molecule has 0 unspecified atom stereocenters. The summed E-state index contributed by atoms with van der Waals surface area (Å²) in [5, 5.41) is 19.7. The van der Waals surface area contributed by atoms with Crippen LogP contribution in [0.2, 0.25) is 0 Å². The van der Waals surface area contributed by atoms with Crippen molar-refractivity contribution < 1.29 is 10.2 Å². The number of benzene rings is 2. The SMILES string of the molecule is CCn1c(-c2cc(O)ccc2O)nc2cc(C)ccc21. The Morgan fingerprint density at radius 1 is 1.10 bits per heavy atom. The van der Waals surface area contributed by atoms with Gasteiger partial charge in [-0.3, -0.25) is 0 Å². The molecule has 102 valence electrons. The molecule has 4 nitrogen and oxygen atoms in total. The number of aromatic hydroxyl groups is 2. The van der Waals surface area contributed by atoms with E-state index < -0.39 is 0 Å². The first-order valence-electron chi connectivity index (χ1n) is 6.59. The summed E-state index contributed by atoms with van der Waals surface area (Å²) in [6.07, 6.45) is 0. The van der Waals surface area contributed by atoms with Crippen LogP contribution in [0.5, 0.6) is 11.5 Å². The molecule has 2 aromatic carbocycles. The summed E-state index contributed by atoms with van der Waals surface area (Å²) in [7, 11) is 0. The fourth-order valence-corrected chi connectivity index (χ4v) is 2.47. The Morgan fingerprint density at radius 3 is 2.65 bits per heavy atom. The van der Waals surface area contributed by atoms with Crippen LogP contribution in [0.4, 0.5) is 0 Å². The van der Waals surface area contributed by atoms with Crippen LogP contribution in [-0.4, -0.2) is 19.8 Å². The van der Waals surface area contributed by atoms with Crippen molar-refractivity contribution in [2.24, 2.45) is 0 Å². The summed E-state index contributed by atoms with van der Waals surface area (Å²) in [6.45, 7) is 4.80. The molecule has 0 fully saturated rings. The van der Waals surface area contributed by atoms with Crippen LogP contribution in [0, 0.1) is 6.92 Å². The van der Waals surface area contributed by atoms with E-state index >= 15 is 0 Å². The van der Waals surface area contributed by atoms with Gasteiger partial charge in [-0.25, -0.2) is 4.98 Å². The van der Waals surface area contributed by atoms with Gasteiger partial charge in [0.1, 0.15) is 17.3 Å². The largest absolute Gasteiger partial charge is 0.508 e. The van der Waals surface area contributed by atoms with E-state index in [-0.39, 0.29) is 11.5 Å². The van der Waals surface area contributed by atoms with Gasteiger partial charge >= 0.3 is 0 Å². The zero-order valence-electron chi connectivity index (χ0n) is 11.5. The van der Waals surface area contributed by atoms with E-state index in [1.54, 1.807) is 0 Å². The zero-order chi connectivity index (χ0) is 14.3. The maximum absolute atomic E-state index is 10.0. The molecule has 0 aliphatic heterocycles. The van der Waals surface area contributed by atoms with Crippen LogP contribution < -0.4 is 0 Å². The molecule has 0 bridgehead atoms. The smallest absolute Gasteiger partial charge is 0.145 e. The fraction of sp³-hybridized carbons (Fsp3) is 0.188. The molecule has 2 N–H and O–H groups in total. The highest BCUT2D eigenvalue weighted by Crippen LogP contribution is 2.33. The van der Waals surface area contributed by atoms with E-state index in [0.717, 1.165) is 23.1 Å². The Labute approximate surface area is 116 Å². The predicted octanol–water partition coefficient (Wildman–Crippen LogP) is 3.44. The Hall–Kier alpha value is -2.49. The lowest BCUT2D eigenvalue weighted by atomic mass is 10.1. The molecule has 0 atom stereocenters. The Kier molecular flexibility index (Phi) is 2.86. The van der Waals surface area contributed by atoms with E-state index in [9.17, 15) is 10.2 Å². The summed E-state index contributed by atoms with van der Waals surface area (Å²) in [6, 6.07) is 10.6. The number of hydrogen-bond acceptors (Lipinski definition) is 3. The van der Waals surface area contributed by atoms with Gasteiger partial charge < -0.3 is 14.8 Å². The van der Waals surface area contributed by atoms with Gasteiger partial charge in [-0.15, -0.1) is 0 Å². The average Bonchev–Trinajstić information content (AvgIpc) is 2.78. The van der Waals surface area contributed by atoms with Crippen LogP contribution in [-0.2, 0) is 6.54 Å². The quantitative estimate of drug-likeness (QED) is 0.700. The minimum absolute atomic E-state index is 0.115. The average molecular weight is 268 g/mol. The van der Waals surface area contributed by atoms with Crippen molar-refractivity contribution >= 4 is 11.0 Å². The van der Waals surface area contributed by atoms with Crippen molar-refractivity contribution in [1.82, 2.24) is 9.55 Å². The Morgan fingerprint density at radius 2 is 1.90 bits per heavy atom. The van der Waals surface area contributed by atoms with E-state index in [1.165, 1.54) is 18.2 Å². The Balaban J connectivity index is 2.32. The first-order chi connectivity index (χ1) is 9.60. The van der Waals surface area contributed by atoms with Gasteiger partial charge in [0.05, 0.1) is 16.6 Å². The van der Waals surface area contributed by atoms with Crippen LogP contribution in [0.1, 0.15) is 12.5 Å². The highest BCUT2D eigenvalue weighted by atomic mass is 16.3. The van der Waals surface area contributed by atoms with Crippen molar-refractivity contribution in [3.05, 3.63) is 42.0 Å². The van der Waals surface area contributed by atoms with Gasteiger partial charge in [0.25, 0.3) is 0 Å². The molecule has 0 aliphatic carbocycles. The van der Waals surface area contributed by atoms with Crippen LogP contribution in [0.15, 0.2) is 36.4 Å². The lowest BCUT2D eigenvalue weighted by Gasteiger charge is -2.08. The second-order valence-corrected chi connectivity index (χ2v) is 4.87. The fourth-order valence-electron chi connectivity index (χ4n) is 2.47. The minimum atomic E-state index is 0.115. The standard InChI is InChI=1S/C16H16N2O2/c1-3-18-14-6-4-10(2)8-13(14)17-16(18)12-9-11(19)5-7-15(12)20/h4-9,19-20H,3H2,1-2H3. The van der Waals surface area contributed by atoms with Crippen molar-refractivity contribution in [2.75, 3.05) is 0 Å². The number of imidazole rings is 1. The van der Waals surface area contributed by atoms with Crippen LogP contribution in [0.25, 0.3) is 22.4 Å². The van der Waals surface area contributed by atoms with Gasteiger partial charge in [0.15, 0.2) is 0 Å². The molecule has 3 rings (SSSR count). The number of phenolic OH excluding ortho intramolecular Hbond substituents is 2. The summed E-state index contributed by atoms with van der Waals surface area (Å²) in [5.74, 6) is 0.898. The van der Waals surface area contributed by atoms with Gasteiger partial charge in [-0.05, 0) is 49.7 Å². The minimum Gasteiger partial charge on any atom is -0.508 e. The molecule has 20 heavy (non-hydrogen) atoms. The molecular formula is C16H16N2O2. The predicted molar refractivity (Wildman–Crippen MR) is 78.9 cm³/mol. The second kappa shape index (κ2) is 4.56. The Bertz CT molecular complexity index is 791. The third kappa shape index (κ3) is 1.90. The summed E-state index contributed by atoms with van der Waals surface area (Å²) >= 11 is 0. The number of rotatable bonds is 2. The number of fused-ring (bicyclic) bond motifs is 1. The molecule has 0 amide bonds. The molecule has 0 saturated carbocycles. The monoisotopic (exact) mass is 268 g/mol. The highest BCUT2D eigenvalue weighted by molar-refractivity contribution is 5.82. The third-order valence-corrected chi connectivity index (χ3v) is 3.44. The number of nitrogens with zero attached hydrogens (tertiary/aromatic N) is 2. The third-order valence-electron chi connectivity index (χ3n) is 3.44. The van der Waals surface area contributed by atoms with E-state index in [4.69, 9.17) is 0 Å². The summed E-state index contributed by atoms with van der Waals surface area (Å²) in [4.78, 5) is 4.61. The van der Waals surface area contributed by atoms with Crippen molar-refractivity contribution in [2.45, 2.75) is 20.4 Å². The molecule has 0 radical (unpaired) electrons. The van der Waals surface area contributed by atoms with Crippen molar-refractivity contribution in [3.63, 3.8) is 0 Å². The maximum atomic E-state index is 10.0. The van der Waals surface area contributed by atoms with E-state index in [1.807, 2.05) is 36.6 Å². The van der Waals surface area contributed by atoms with Gasteiger partial charge in [-0.2, -0.15) is 0 Å². The molecule has 1 heterocycles. The number of aryl methyl sites for hydroxylation is 2. The molecule has 1 aromatic heterocycles. The zero-order valence-corrected chi connectivity index (χ0v) is 11.5. The first kappa shape index (κ1) is 12.5. The maximum Gasteiger partial charge on any atom is 0.145 e. The second-order valence-electron chi connectivity index (χ2n) is 4.87. The number of aromatic nitrogens is 2. The number of hydrogen-bond donors (Lipinski definition) is 2. The van der Waals surface area contributed by atoms with Gasteiger partial charge in [0.2, 0.25) is 0 Å². The first-order valence-corrected chi connectivity index (χ1v) is 6.59. The van der Waals surface area contributed by atoms with Crippen LogP contribution in [0.3, 0.4) is 0 Å². The molecular weight excluding hydrogens is 252 g/mol. The lowest BCUT2D eigenvalue weighted by Crippen LogP contribution is -1.97.